The molecule has 1 saturated heterocycles. The van der Waals surface area contributed by atoms with Crippen LogP contribution in [0.25, 0.3) is 0 Å². The van der Waals surface area contributed by atoms with Gasteiger partial charge in [0.2, 0.25) is 0 Å². The summed E-state index contributed by atoms with van der Waals surface area (Å²) in [5.41, 5.74) is 5.63. The smallest absolute Gasteiger partial charge is 0.0431 e. The van der Waals surface area contributed by atoms with Crippen LogP contribution < -0.4 is 4.90 Å². The van der Waals surface area contributed by atoms with Crippen molar-refractivity contribution in [2.24, 2.45) is 5.92 Å². The van der Waals surface area contributed by atoms with E-state index in [1.807, 2.05) is 0 Å². The van der Waals surface area contributed by atoms with Gasteiger partial charge in [0.05, 0.1) is 0 Å². The Hall–Kier alpha value is -1.24. The van der Waals surface area contributed by atoms with Gasteiger partial charge >= 0.3 is 0 Å². The van der Waals surface area contributed by atoms with Crippen LogP contribution in [0.4, 0.5) is 5.69 Å². The topological polar surface area (TPSA) is 3.24 Å². The van der Waals surface area contributed by atoms with E-state index in [0.717, 1.165) is 6.54 Å². The van der Waals surface area contributed by atoms with Crippen molar-refractivity contribution in [1.29, 1.82) is 0 Å². The minimum atomic E-state index is 0.617. The third kappa shape index (κ3) is 2.92. The first-order valence-electron chi connectivity index (χ1n) is 8.06. The van der Waals surface area contributed by atoms with Crippen molar-refractivity contribution in [2.75, 3.05) is 11.4 Å². The second-order valence-corrected chi connectivity index (χ2v) is 6.38. The number of aryl methyl sites for hydroxylation is 2. The summed E-state index contributed by atoms with van der Waals surface area (Å²) in [5.74, 6) is 0.617. The van der Waals surface area contributed by atoms with Crippen LogP contribution in [0.1, 0.15) is 50.7 Å². The van der Waals surface area contributed by atoms with Gasteiger partial charge < -0.3 is 4.90 Å². The molecule has 1 heterocycles. The minimum Gasteiger partial charge on any atom is -0.364 e. The zero-order valence-electron chi connectivity index (χ0n) is 13.6. The Morgan fingerprint density at radius 2 is 1.85 bits per heavy atom. The maximum absolute atomic E-state index is 4.31. The fraction of sp³-hybridized carbons (Fsp3) is 0.579. The molecule has 0 N–H and O–H groups in total. The van der Waals surface area contributed by atoms with Gasteiger partial charge in [-0.05, 0) is 37.3 Å². The highest BCUT2D eigenvalue weighted by Gasteiger charge is 2.34. The normalized spacial score (nSPS) is 22.6. The summed E-state index contributed by atoms with van der Waals surface area (Å²) in [5, 5.41) is 0. The van der Waals surface area contributed by atoms with Crippen LogP contribution in [-0.4, -0.2) is 12.6 Å². The van der Waals surface area contributed by atoms with Crippen LogP contribution in [-0.2, 0) is 0 Å². The summed E-state index contributed by atoms with van der Waals surface area (Å²) < 4.78 is 0. The van der Waals surface area contributed by atoms with Crippen LogP contribution in [0.3, 0.4) is 0 Å². The summed E-state index contributed by atoms with van der Waals surface area (Å²) in [6.45, 7) is 14.4. The Bertz CT molecular complexity index is 454. The van der Waals surface area contributed by atoms with Gasteiger partial charge in [-0.3, -0.25) is 0 Å². The van der Waals surface area contributed by atoms with Crippen LogP contribution in [0.5, 0.6) is 0 Å². The monoisotopic (exact) mass is 271 g/mol. The number of para-hydroxylation sites is 1. The van der Waals surface area contributed by atoms with E-state index in [9.17, 15) is 0 Å². The van der Waals surface area contributed by atoms with E-state index in [1.165, 1.54) is 48.1 Å². The Morgan fingerprint density at radius 3 is 2.45 bits per heavy atom. The van der Waals surface area contributed by atoms with E-state index in [0.29, 0.717) is 12.0 Å². The van der Waals surface area contributed by atoms with Crippen LogP contribution in [0.15, 0.2) is 30.4 Å². The Labute approximate surface area is 124 Å². The average Bonchev–Trinajstić information content (AvgIpc) is 2.67. The van der Waals surface area contributed by atoms with Gasteiger partial charge in [-0.1, -0.05) is 63.5 Å². The standard InChI is InChI=1S/C19H29N/c1-6-7-8-12-18-17(5)16(4)13-20(18)19-14(2)10-9-11-15(19)3/h9-11,17-18H,4,6-8,12-13H2,1-3,5H3. The van der Waals surface area contributed by atoms with Gasteiger partial charge in [0.1, 0.15) is 0 Å². The van der Waals surface area contributed by atoms with E-state index in [4.69, 9.17) is 0 Å². The lowest BCUT2D eigenvalue weighted by atomic mass is 9.94. The first-order valence-corrected chi connectivity index (χ1v) is 8.06. The van der Waals surface area contributed by atoms with Gasteiger partial charge in [-0.25, -0.2) is 0 Å². The molecule has 0 aliphatic carbocycles. The van der Waals surface area contributed by atoms with Gasteiger partial charge in [0.15, 0.2) is 0 Å². The number of benzene rings is 1. The molecule has 1 fully saturated rings. The molecule has 1 aromatic carbocycles. The molecule has 0 radical (unpaired) electrons. The van der Waals surface area contributed by atoms with E-state index in [1.54, 1.807) is 0 Å². The third-order valence-electron chi connectivity index (χ3n) is 4.83. The van der Waals surface area contributed by atoms with E-state index in [-0.39, 0.29) is 0 Å². The van der Waals surface area contributed by atoms with Crippen molar-refractivity contribution in [2.45, 2.75) is 59.4 Å². The Morgan fingerprint density at radius 1 is 1.20 bits per heavy atom. The largest absolute Gasteiger partial charge is 0.364 e. The van der Waals surface area contributed by atoms with Crippen LogP contribution in [0, 0.1) is 19.8 Å². The summed E-state index contributed by atoms with van der Waals surface area (Å²) in [6, 6.07) is 7.26. The number of anilines is 1. The van der Waals surface area contributed by atoms with Gasteiger partial charge in [0.25, 0.3) is 0 Å². The van der Waals surface area contributed by atoms with Crippen molar-refractivity contribution in [3.05, 3.63) is 41.5 Å². The molecule has 110 valence electrons. The summed E-state index contributed by atoms with van der Waals surface area (Å²) in [6.07, 6.45) is 5.27. The van der Waals surface area contributed by atoms with Crippen LogP contribution >= 0.6 is 0 Å². The Kier molecular flexibility index (Phi) is 4.91. The fourth-order valence-corrected chi connectivity index (χ4v) is 3.53. The molecule has 1 heteroatoms. The minimum absolute atomic E-state index is 0.617. The quantitative estimate of drug-likeness (QED) is 0.521. The lowest BCUT2D eigenvalue weighted by Gasteiger charge is -2.31. The second kappa shape index (κ2) is 6.47. The molecular weight excluding hydrogens is 242 g/mol. The van der Waals surface area contributed by atoms with Gasteiger partial charge in [-0.15, -0.1) is 0 Å². The maximum atomic E-state index is 4.31. The molecule has 2 atom stereocenters. The second-order valence-electron chi connectivity index (χ2n) is 6.38. The number of nitrogens with zero attached hydrogens (tertiary/aromatic N) is 1. The van der Waals surface area contributed by atoms with Crippen molar-refractivity contribution in [3.8, 4) is 0 Å². The summed E-state index contributed by atoms with van der Waals surface area (Å²) in [4.78, 5) is 2.62. The molecule has 1 nitrogen and oxygen atoms in total. The van der Waals surface area contributed by atoms with Crippen molar-refractivity contribution < 1.29 is 0 Å². The van der Waals surface area contributed by atoms with Crippen molar-refractivity contribution in [3.63, 3.8) is 0 Å². The number of rotatable bonds is 5. The highest BCUT2D eigenvalue weighted by atomic mass is 15.2. The first-order chi connectivity index (χ1) is 9.56. The molecule has 20 heavy (non-hydrogen) atoms. The molecule has 2 rings (SSSR count). The SMILES string of the molecule is C=C1CN(c2c(C)cccc2C)C(CCCCC)C1C. The van der Waals surface area contributed by atoms with E-state index >= 15 is 0 Å². The predicted molar refractivity (Wildman–Crippen MR) is 89.5 cm³/mol. The zero-order valence-corrected chi connectivity index (χ0v) is 13.6. The van der Waals surface area contributed by atoms with Crippen LogP contribution in [0.2, 0.25) is 0 Å². The highest BCUT2D eigenvalue weighted by molar-refractivity contribution is 5.62. The molecule has 0 amide bonds. The number of unbranched alkanes of at least 4 members (excludes halogenated alkanes) is 2. The number of hydrogen-bond acceptors (Lipinski definition) is 1. The average molecular weight is 271 g/mol. The maximum Gasteiger partial charge on any atom is 0.0431 e. The molecule has 0 saturated carbocycles. The Balaban J connectivity index is 2.26. The molecule has 1 aromatic rings. The van der Waals surface area contributed by atoms with Crippen molar-refractivity contribution >= 4 is 5.69 Å². The van der Waals surface area contributed by atoms with Crippen molar-refractivity contribution in [1.82, 2.24) is 0 Å². The lowest BCUT2D eigenvalue weighted by molar-refractivity contribution is 0.488. The zero-order chi connectivity index (χ0) is 14.7. The van der Waals surface area contributed by atoms with E-state index in [2.05, 4.69) is 57.4 Å². The van der Waals surface area contributed by atoms with E-state index < -0.39 is 0 Å². The highest BCUT2D eigenvalue weighted by Crippen LogP contribution is 2.38. The van der Waals surface area contributed by atoms with Gasteiger partial charge in [-0.2, -0.15) is 0 Å². The van der Waals surface area contributed by atoms with Gasteiger partial charge in [0, 0.05) is 18.3 Å². The molecule has 0 spiro atoms. The predicted octanol–water partition coefficient (Wildman–Crippen LogP) is 5.26. The molecule has 2 unspecified atom stereocenters. The summed E-state index contributed by atoms with van der Waals surface area (Å²) >= 11 is 0. The lowest BCUT2D eigenvalue weighted by Crippen LogP contribution is -2.33. The molecule has 0 bridgehead atoms. The molecule has 1 aliphatic heterocycles. The number of hydrogen-bond donors (Lipinski definition) is 0. The fourth-order valence-electron chi connectivity index (χ4n) is 3.53. The molecular formula is C19H29N. The molecule has 0 aromatic heterocycles. The first kappa shape index (κ1) is 15.2. The molecule has 1 aliphatic rings. The third-order valence-corrected chi connectivity index (χ3v) is 4.83. The summed E-state index contributed by atoms with van der Waals surface area (Å²) in [7, 11) is 0.